The van der Waals surface area contributed by atoms with Crippen LogP contribution in [0.25, 0.3) is 0 Å². The third-order valence-electron chi connectivity index (χ3n) is 6.84. The van der Waals surface area contributed by atoms with Gasteiger partial charge in [-0.3, -0.25) is 10.1 Å². The van der Waals surface area contributed by atoms with E-state index in [9.17, 15) is 9.59 Å². The van der Waals surface area contributed by atoms with Crippen LogP contribution in [0.3, 0.4) is 0 Å². The van der Waals surface area contributed by atoms with Crippen molar-refractivity contribution >= 4 is 17.6 Å². The maximum absolute atomic E-state index is 12.6. The molecule has 3 N–H and O–H groups in total. The number of urea groups is 1. The van der Waals surface area contributed by atoms with Crippen molar-refractivity contribution in [1.82, 2.24) is 10.6 Å². The Kier molecular flexibility index (Phi) is 6.18. The largest absolute Gasteiger partial charge is 0.491 e. The van der Waals surface area contributed by atoms with Crippen LogP contribution < -0.4 is 20.7 Å². The van der Waals surface area contributed by atoms with E-state index in [0.717, 1.165) is 48.5 Å². The number of anilines is 1. The molecule has 7 nitrogen and oxygen atoms in total. The minimum absolute atomic E-state index is 0.103. The van der Waals surface area contributed by atoms with Crippen LogP contribution in [-0.2, 0) is 9.53 Å². The second kappa shape index (κ2) is 8.84. The van der Waals surface area contributed by atoms with Crippen molar-refractivity contribution in [3.63, 3.8) is 0 Å². The molecule has 1 atom stereocenters. The molecule has 1 aromatic carbocycles. The molecule has 4 aliphatic rings. The predicted molar refractivity (Wildman–Crippen MR) is 114 cm³/mol. The summed E-state index contributed by atoms with van der Waals surface area (Å²) in [5, 5.41) is 8.84. The molecule has 0 aliphatic heterocycles. The highest BCUT2D eigenvalue weighted by Crippen LogP contribution is 2.55. The van der Waals surface area contributed by atoms with E-state index in [-0.39, 0.29) is 17.5 Å². The summed E-state index contributed by atoms with van der Waals surface area (Å²) >= 11 is 0. The molecular weight excluding hydrogens is 382 g/mol. The smallest absolute Gasteiger partial charge is 0.321 e. The number of carbonyl (C=O) groups excluding carboxylic acids is 2. The fourth-order valence-corrected chi connectivity index (χ4v) is 5.96. The number of ether oxygens (including phenoxy) is 2. The highest BCUT2D eigenvalue weighted by Gasteiger charge is 2.51. The van der Waals surface area contributed by atoms with E-state index in [1.165, 1.54) is 19.3 Å². The van der Waals surface area contributed by atoms with E-state index in [1.807, 2.05) is 24.3 Å². The molecule has 4 bridgehead atoms. The fourth-order valence-electron chi connectivity index (χ4n) is 5.96. The number of hydrogen-bond donors (Lipinski definition) is 3. The molecule has 0 saturated heterocycles. The SMILES string of the molecule is COCCOc1ccc(NC(C)C(=O)NC(=O)NC23CC4CC(CC(C4)C2)C3)cc1. The van der Waals surface area contributed by atoms with Crippen molar-refractivity contribution in [3.8, 4) is 5.75 Å². The standard InChI is InChI=1S/C23H33N3O4/c1-15(24-19-3-5-20(6-4-19)30-8-7-29-2)21(27)25-22(28)26-23-12-16-9-17(13-23)11-18(10-16)14-23/h3-6,15-18,24H,7-14H2,1-2H3,(H2,25,26,27,28). The summed E-state index contributed by atoms with van der Waals surface area (Å²) in [6, 6.07) is 6.47. The Balaban J connectivity index is 1.25. The predicted octanol–water partition coefficient (Wildman–Crippen LogP) is 3.31. The van der Waals surface area contributed by atoms with Crippen LogP contribution in [0.15, 0.2) is 24.3 Å². The number of rotatable bonds is 8. The maximum Gasteiger partial charge on any atom is 0.321 e. The molecule has 4 aliphatic carbocycles. The van der Waals surface area contributed by atoms with Crippen LogP contribution in [0.5, 0.6) is 5.75 Å². The fraction of sp³-hybridized carbons (Fsp3) is 0.652. The second-order valence-electron chi connectivity index (χ2n) is 9.37. The summed E-state index contributed by atoms with van der Waals surface area (Å²) < 4.78 is 10.5. The first-order chi connectivity index (χ1) is 14.4. The van der Waals surface area contributed by atoms with E-state index in [2.05, 4.69) is 16.0 Å². The lowest BCUT2D eigenvalue weighted by Gasteiger charge is -2.56. The van der Waals surface area contributed by atoms with Crippen LogP contribution in [0, 0.1) is 17.8 Å². The third-order valence-corrected chi connectivity index (χ3v) is 6.84. The van der Waals surface area contributed by atoms with Gasteiger partial charge in [-0.1, -0.05) is 0 Å². The summed E-state index contributed by atoms with van der Waals surface area (Å²) in [7, 11) is 1.63. The average Bonchev–Trinajstić information content (AvgIpc) is 2.68. The Bertz CT molecular complexity index is 729. The quantitative estimate of drug-likeness (QED) is 0.567. The van der Waals surface area contributed by atoms with E-state index < -0.39 is 6.04 Å². The molecule has 4 saturated carbocycles. The van der Waals surface area contributed by atoms with Gasteiger partial charge < -0.3 is 20.1 Å². The van der Waals surface area contributed by atoms with Gasteiger partial charge in [0.1, 0.15) is 18.4 Å². The van der Waals surface area contributed by atoms with Crippen molar-refractivity contribution in [2.45, 2.75) is 57.0 Å². The summed E-state index contributed by atoms with van der Waals surface area (Å²) in [4.78, 5) is 25.1. The van der Waals surface area contributed by atoms with Gasteiger partial charge in [0.2, 0.25) is 5.91 Å². The zero-order chi connectivity index (χ0) is 21.1. The number of carbonyl (C=O) groups is 2. The second-order valence-corrected chi connectivity index (χ2v) is 9.37. The van der Waals surface area contributed by atoms with Crippen LogP contribution in [-0.4, -0.2) is 43.8 Å². The molecule has 5 rings (SSSR count). The Morgan fingerprint density at radius 1 is 1.03 bits per heavy atom. The van der Waals surface area contributed by atoms with E-state index in [1.54, 1.807) is 14.0 Å². The number of amides is 3. The summed E-state index contributed by atoms with van der Waals surface area (Å²) in [5.41, 5.74) is 0.687. The Morgan fingerprint density at radius 2 is 1.63 bits per heavy atom. The van der Waals surface area contributed by atoms with Crippen LogP contribution >= 0.6 is 0 Å². The normalized spacial score (nSPS) is 29.9. The van der Waals surface area contributed by atoms with E-state index in [0.29, 0.717) is 13.2 Å². The molecular formula is C23H33N3O4. The van der Waals surface area contributed by atoms with Crippen LogP contribution in [0.2, 0.25) is 0 Å². The summed E-state index contributed by atoms with van der Waals surface area (Å²) in [6.45, 7) is 2.76. The van der Waals surface area contributed by atoms with Gasteiger partial charge in [-0.15, -0.1) is 0 Å². The number of imide groups is 1. The monoisotopic (exact) mass is 415 g/mol. The lowest BCUT2D eigenvalue weighted by Crippen LogP contribution is -2.62. The maximum atomic E-state index is 12.6. The number of nitrogens with one attached hydrogen (secondary N) is 3. The highest BCUT2D eigenvalue weighted by molar-refractivity contribution is 5.98. The van der Waals surface area contributed by atoms with Gasteiger partial charge >= 0.3 is 6.03 Å². The Labute approximate surface area is 178 Å². The summed E-state index contributed by atoms with van der Waals surface area (Å²) in [5.74, 6) is 2.64. The lowest BCUT2D eigenvalue weighted by molar-refractivity contribution is -0.120. The first-order valence-corrected chi connectivity index (χ1v) is 11.1. The van der Waals surface area contributed by atoms with E-state index >= 15 is 0 Å². The van der Waals surface area contributed by atoms with Crippen molar-refractivity contribution < 1.29 is 19.1 Å². The minimum Gasteiger partial charge on any atom is -0.491 e. The molecule has 1 unspecified atom stereocenters. The minimum atomic E-state index is -0.535. The Morgan fingerprint density at radius 3 is 2.20 bits per heavy atom. The van der Waals surface area contributed by atoms with Crippen molar-refractivity contribution in [3.05, 3.63) is 24.3 Å². The van der Waals surface area contributed by atoms with E-state index in [4.69, 9.17) is 9.47 Å². The lowest BCUT2D eigenvalue weighted by atomic mass is 9.53. The molecule has 0 radical (unpaired) electrons. The van der Waals surface area contributed by atoms with Crippen LogP contribution in [0.4, 0.5) is 10.5 Å². The van der Waals surface area contributed by atoms with Crippen molar-refractivity contribution in [1.29, 1.82) is 0 Å². The van der Waals surface area contributed by atoms with Crippen molar-refractivity contribution in [2.24, 2.45) is 17.8 Å². The molecule has 7 heteroatoms. The van der Waals surface area contributed by atoms with Crippen LogP contribution in [0.1, 0.15) is 45.4 Å². The molecule has 0 aromatic heterocycles. The Hall–Kier alpha value is -2.28. The molecule has 3 amide bonds. The topological polar surface area (TPSA) is 88.7 Å². The van der Waals surface area contributed by atoms with Gasteiger partial charge in [-0.05, 0) is 87.5 Å². The van der Waals surface area contributed by atoms with Gasteiger partial charge in [0.25, 0.3) is 0 Å². The van der Waals surface area contributed by atoms with Gasteiger partial charge in [-0.2, -0.15) is 0 Å². The molecule has 30 heavy (non-hydrogen) atoms. The summed E-state index contributed by atoms with van der Waals surface area (Å²) in [6.07, 6.45) is 7.14. The van der Waals surface area contributed by atoms with Gasteiger partial charge in [0, 0.05) is 18.3 Å². The molecule has 4 fully saturated rings. The average molecular weight is 416 g/mol. The molecule has 164 valence electrons. The first kappa shape index (κ1) is 21.0. The zero-order valence-corrected chi connectivity index (χ0v) is 17.9. The molecule has 0 spiro atoms. The molecule has 0 heterocycles. The first-order valence-electron chi connectivity index (χ1n) is 11.1. The number of methoxy groups -OCH3 is 1. The third kappa shape index (κ3) is 4.89. The molecule has 1 aromatic rings. The number of hydrogen-bond acceptors (Lipinski definition) is 5. The zero-order valence-electron chi connectivity index (χ0n) is 17.9. The highest BCUT2D eigenvalue weighted by atomic mass is 16.5. The number of benzene rings is 1. The van der Waals surface area contributed by atoms with Gasteiger partial charge in [0.05, 0.1) is 6.61 Å². The van der Waals surface area contributed by atoms with Gasteiger partial charge in [0.15, 0.2) is 0 Å². The van der Waals surface area contributed by atoms with Crippen molar-refractivity contribution in [2.75, 3.05) is 25.6 Å². The van der Waals surface area contributed by atoms with Gasteiger partial charge in [-0.25, -0.2) is 4.79 Å².